The lowest BCUT2D eigenvalue weighted by atomic mass is 9.72. The van der Waals surface area contributed by atoms with Crippen molar-refractivity contribution in [2.45, 2.75) is 53.9 Å². The van der Waals surface area contributed by atoms with Crippen LogP contribution in [0.3, 0.4) is 0 Å². The fourth-order valence-electron chi connectivity index (χ4n) is 2.93. The molecule has 0 aliphatic heterocycles. The Bertz CT molecular complexity index is 480. The highest BCUT2D eigenvalue weighted by Crippen LogP contribution is 2.42. The minimum absolute atomic E-state index is 0.133. The number of aryl methyl sites for hydroxylation is 1. The first-order valence-electron chi connectivity index (χ1n) is 7.12. The average molecular weight is 280 g/mol. The number of carbonyl (C=O) groups excluding carboxylic acids is 1. The molecule has 19 heavy (non-hydrogen) atoms. The predicted octanol–water partition coefficient (Wildman–Crippen LogP) is 4.38. The zero-order valence-electron chi connectivity index (χ0n) is 12.6. The second kappa shape index (κ2) is 5.28. The summed E-state index contributed by atoms with van der Waals surface area (Å²) in [5, 5.41) is 0. The first-order valence-corrected chi connectivity index (χ1v) is 7.94. The van der Waals surface area contributed by atoms with Crippen LogP contribution in [0.5, 0.6) is 0 Å². The first kappa shape index (κ1) is 14.6. The molecular formula is C16H24O2S. The van der Waals surface area contributed by atoms with Crippen LogP contribution in [0, 0.1) is 18.3 Å². The summed E-state index contributed by atoms with van der Waals surface area (Å²) in [6.07, 6.45) is 3.32. The van der Waals surface area contributed by atoms with Gasteiger partial charge < -0.3 is 4.74 Å². The summed E-state index contributed by atoms with van der Waals surface area (Å²) in [5.74, 6) is 0.583. The number of fused-ring (bicyclic) bond motifs is 1. The first-order chi connectivity index (χ1) is 8.84. The monoisotopic (exact) mass is 280 g/mol. The molecular weight excluding hydrogens is 256 g/mol. The van der Waals surface area contributed by atoms with Crippen LogP contribution in [-0.2, 0) is 17.6 Å². The molecule has 2 rings (SSSR count). The Morgan fingerprint density at radius 3 is 2.68 bits per heavy atom. The summed E-state index contributed by atoms with van der Waals surface area (Å²) >= 11 is 1.79. The minimum atomic E-state index is -0.133. The number of hydrogen-bond acceptors (Lipinski definition) is 3. The Labute approximate surface area is 120 Å². The maximum Gasteiger partial charge on any atom is 0.339 e. The fraction of sp³-hybridized carbons (Fsp3) is 0.688. The van der Waals surface area contributed by atoms with Crippen LogP contribution in [0.25, 0.3) is 0 Å². The molecule has 1 aromatic rings. The van der Waals surface area contributed by atoms with E-state index in [0.29, 0.717) is 17.9 Å². The van der Waals surface area contributed by atoms with E-state index in [2.05, 4.69) is 20.8 Å². The SMILES string of the molecule is CCOC(=O)c1c(C)sc2c1CCC(C(C)(C)C)C2. The second-order valence-corrected chi connectivity index (χ2v) is 7.77. The molecule has 0 N–H and O–H groups in total. The number of esters is 1. The van der Waals surface area contributed by atoms with E-state index < -0.39 is 0 Å². The van der Waals surface area contributed by atoms with Crippen LogP contribution in [0.15, 0.2) is 0 Å². The Morgan fingerprint density at radius 1 is 1.42 bits per heavy atom. The quantitative estimate of drug-likeness (QED) is 0.751. The van der Waals surface area contributed by atoms with Gasteiger partial charge >= 0.3 is 5.97 Å². The highest BCUT2D eigenvalue weighted by atomic mass is 32.1. The molecule has 0 saturated carbocycles. The van der Waals surface area contributed by atoms with Gasteiger partial charge in [0.05, 0.1) is 12.2 Å². The summed E-state index contributed by atoms with van der Waals surface area (Å²) in [4.78, 5) is 14.6. The average Bonchev–Trinajstić information content (AvgIpc) is 2.62. The van der Waals surface area contributed by atoms with Gasteiger partial charge in [0.15, 0.2) is 0 Å². The van der Waals surface area contributed by atoms with E-state index in [-0.39, 0.29) is 5.97 Å². The molecule has 1 aliphatic rings. The van der Waals surface area contributed by atoms with Gasteiger partial charge in [0, 0.05) is 9.75 Å². The van der Waals surface area contributed by atoms with Gasteiger partial charge in [-0.05, 0) is 50.0 Å². The molecule has 1 aliphatic carbocycles. The van der Waals surface area contributed by atoms with E-state index in [1.54, 1.807) is 11.3 Å². The largest absolute Gasteiger partial charge is 0.462 e. The van der Waals surface area contributed by atoms with Crippen molar-refractivity contribution in [3.05, 3.63) is 20.9 Å². The van der Waals surface area contributed by atoms with E-state index in [4.69, 9.17) is 4.74 Å². The maximum atomic E-state index is 12.1. The highest BCUT2D eigenvalue weighted by Gasteiger charge is 2.33. The third-order valence-electron chi connectivity index (χ3n) is 4.15. The Kier molecular flexibility index (Phi) is 4.05. The van der Waals surface area contributed by atoms with Crippen molar-refractivity contribution in [1.29, 1.82) is 0 Å². The summed E-state index contributed by atoms with van der Waals surface area (Å²) in [5.41, 5.74) is 2.47. The summed E-state index contributed by atoms with van der Waals surface area (Å²) in [6.45, 7) is 11.3. The molecule has 1 unspecified atom stereocenters. The Hall–Kier alpha value is -0.830. The van der Waals surface area contributed by atoms with Crippen molar-refractivity contribution in [2.24, 2.45) is 11.3 Å². The van der Waals surface area contributed by atoms with Crippen molar-refractivity contribution in [1.82, 2.24) is 0 Å². The van der Waals surface area contributed by atoms with E-state index in [1.807, 2.05) is 13.8 Å². The highest BCUT2D eigenvalue weighted by molar-refractivity contribution is 7.12. The van der Waals surface area contributed by atoms with Crippen molar-refractivity contribution >= 4 is 17.3 Å². The molecule has 0 aromatic carbocycles. The lowest BCUT2D eigenvalue weighted by molar-refractivity contribution is 0.0524. The minimum Gasteiger partial charge on any atom is -0.462 e. The van der Waals surface area contributed by atoms with Crippen molar-refractivity contribution in [3.8, 4) is 0 Å². The standard InChI is InChI=1S/C16H24O2S/c1-6-18-15(17)14-10(2)19-13-9-11(16(3,4)5)7-8-12(13)14/h11H,6-9H2,1-5H3. The van der Waals surface area contributed by atoms with Crippen molar-refractivity contribution in [3.63, 3.8) is 0 Å². The maximum absolute atomic E-state index is 12.1. The molecule has 1 aromatic heterocycles. The predicted molar refractivity (Wildman–Crippen MR) is 80.0 cm³/mol. The lowest BCUT2D eigenvalue weighted by Gasteiger charge is -2.33. The molecule has 1 heterocycles. The second-order valence-electron chi connectivity index (χ2n) is 6.46. The molecule has 0 radical (unpaired) electrons. The summed E-state index contributed by atoms with van der Waals surface area (Å²) in [6, 6.07) is 0. The van der Waals surface area contributed by atoms with Crippen LogP contribution in [-0.4, -0.2) is 12.6 Å². The van der Waals surface area contributed by atoms with Gasteiger partial charge in [-0.3, -0.25) is 0 Å². The van der Waals surface area contributed by atoms with Crippen LogP contribution in [0.2, 0.25) is 0 Å². The summed E-state index contributed by atoms with van der Waals surface area (Å²) in [7, 11) is 0. The molecule has 2 nitrogen and oxygen atoms in total. The van der Waals surface area contributed by atoms with E-state index in [9.17, 15) is 4.79 Å². The van der Waals surface area contributed by atoms with Gasteiger partial charge in [0.25, 0.3) is 0 Å². The Morgan fingerprint density at radius 2 is 2.11 bits per heavy atom. The van der Waals surface area contributed by atoms with Crippen molar-refractivity contribution < 1.29 is 9.53 Å². The summed E-state index contributed by atoms with van der Waals surface area (Å²) < 4.78 is 5.20. The molecule has 1 atom stereocenters. The molecule has 3 heteroatoms. The Balaban J connectivity index is 2.30. The van der Waals surface area contributed by atoms with Gasteiger partial charge in [0.1, 0.15) is 0 Å². The molecule has 0 saturated heterocycles. The van der Waals surface area contributed by atoms with E-state index in [0.717, 1.165) is 23.3 Å². The number of carbonyl (C=O) groups is 1. The smallest absolute Gasteiger partial charge is 0.339 e. The van der Waals surface area contributed by atoms with Gasteiger partial charge in [0.2, 0.25) is 0 Å². The van der Waals surface area contributed by atoms with E-state index in [1.165, 1.54) is 16.9 Å². The fourth-order valence-corrected chi connectivity index (χ4v) is 4.22. The molecule has 0 amide bonds. The molecule has 0 bridgehead atoms. The van der Waals surface area contributed by atoms with Gasteiger partial charge in [-0.25, -0.2) is 4.79 Å². The van der Waals surface area contributed by atoms with Crippen LogP contribution < -0.4 is 0 Å². The van der Waals surface area contributed by atoms with Crippen LogP contribution in [0.1, 0.15) is 59.8 Å². The van der Waals surface area contributed by atoms with Crippen molar-refractivity contribution in [2.75, 3.05) is 6.61 Å². The zero-order valence-corrected chi connectivity index (χ0v) is 13.4. The number of hydrogen-bond donors (Lipinski definition) is 0. The lowest BCUT2D eigenvalue weighted by Crippen LogP contribution is -2.26. The van der Waals surface area contributed by atoms with Crippen LogP contribution >= 0.6 is 11.3 Å². The van der Waals surface area contributed by atoms with Gasteiger partial charge in [-0.15, -0.1) is 11.3 Å². The molecule has 106 valence electrons. The number of ether oxygens (including phenoxy) is 1. The normalized spacial score (nSPS) is 19.1. The topological polar surface area (TPSA) is 26.3 Å². The van der Waals surface area contributed by atoms with Gasteiger partial charge in [-0.1, -0.05) is 20.8 Å². The molecule has 0 fully saturated rings. The zero-order chi connectivity index (χ0) is 14.2. The number of rotatable bonds is 2. The van der Waals surface area contributed by atoms with Crippen LogP contribution in [0.4, 0.5) is 0 Å². The van der Waals surface area contributed by atoms with Gasteiger partial charge in [-0.2, -0.15) is 0 Å². The third kappa shape index (κ3) is 2.86. The van der Waals surface area contributed by atoms with E-state index >= 15 is 0 Å². The number of thiophene rings is 1. The third-order valence-corrected chi connectivity index (χ3v) is 5.32. The molecule has 0 spiro atoms.